The highest BCUT2D eigenvalue weighted by Crippen LogP contribution is 2.34. The number of hydrogen-bond donors (Lipinski definition) is 6. The molecule has 3 amide bonds. The number of anilines is 1. The third kappa shape index (κ3) is 10.4. The largest absolute Gasteiger partial charge is 0.465 e. The number of nitrogens with zero attached hydrogens (tertiary/aromatic N) is 1. The van der Waals surface area contributed by atoms with Crippen LogP contribution in [0.15, 0.2) is 102 Å². The number of nitrogens with one attached hydrogen (secondary N) is 3. The van der Waals surface area contributed by atoms with Crippen LogP contribution in [0.2, 0.25) is 0 Å². The second kappa shape index (κ2) is 16.5. The van der Waals surface area contributed by atoms with E-state index in [-0.39, 0.29) is 36.9 Å². The van der Waals surface area contributed by atoms with Crippen LogP contribution in [-0.4, -0.2) is 40.3 Å². The summed E-state index contributed by atoms with van der Waals surface area (Å²) in [6.45, 7) is 0.435. The van der Waals surface area contributed by atoms with Crippen LogP contribution in [-0.2, 0) is 22.7 Å². The summed E-state index contributed by atoms with van der Waals surface area (Å²) in [5, 5.41) is 29.1. The molecular formula is C36H37N5O8. The lowest BCUT2D eigenvalue weighted by atomic mass is 9.85. The monoisotopic (exact) mass is 667 g/mol. The topological polar surface area (TPSA) is 194 Å². The molecule has 0 saturated heterocycles. The number of hydrogen-bond acceptors (Lipinski definition) is 8. The molecule has 1 fully saturated rings. The molecule has 0 atom stereocenters. The summed E-state index contributed by atoms with van der Waals surface area (Å²) in [5.74, 6) is 1.26. The standard InChI is InChI=1S/C36H37N5O8/c37-33(41-46)25-10-16-30(17-11-25)49-32-19-28(39-34(42)26-8-12-27(13-9-26)40-35(43)44)18-31(20-32)48-29-14-6-23(7-15-29)21-38-36(45)47-22-24-4-2-1-3-5-24/h1-7,10-11,14-20,26-27,40,46H,8-9,12-13,21-22H2,(H2,37,41)(H,38,45)(H,39,42)(H,43,44). The Morgan fingerprint density at radius 3 is 1.98 bits per heavy atom. The Balaban J connectivity index is 1.24. The number of benzene rings is 4. The van der Waals surface area contributed by atoms with Crippen LogP contribution in [0.4, 0.5) is 15.3 Å². The molecule has 0 heterocycles. The molecule has 4 aromatic carbocycles. The molecule has 13 heteroatoms. The van der Waals surface area contributed by atoms with Crippen molar-refractivity contribution in [3.05, 3.63) is 114 Å². The SMILES string of the molecule is N/C(=N\O)c1ccc(Oc2cc(NC(=O)C3CCC(NC(=O)O)CC3)cc(Oc3ccc(CNC(=O)OCc4ccccc4)cc3)c2)cc1. The molecular weight excluding hydrogens is 630 g/mol. The van der Waals surface area contributed by atoms with Crippen molar-refractivity contribution >= 4 is 29.6 Å². The number of ether oxygens (including phenoxy) is 3. The number of rotatable bonds is 12. The maximum Gasteiger partial charge on any atom is 0.407 e. The second-order valence-electron chi connectivity index (χ2n) is 11.5. The van der Waals surface area contributed by atoms with E-state index in [0.29, 0.717) is 59.9 Å². The molecule has 5 rings (SSSR count). The van der Waals surface area contributed by atoms with Crippen molar-refractivity contribution in [1.82, 2.24) is 10.6 Å². The molecule has 0 spiro atoms. The maximum atomic E-state index is 13.2. The van der Waals surface area contributed by atoms with Gasteiger partial charge in [-0.1, -0.05) is 47.6 Å². The highest BCUT2D eigenvalue weighted by molar-refractivity contribution is 5.97. The number of carbonyl (C=O) groups excluding carboxylic acids is 2. The molecule has 0 aromatic heterocycles. The molecule has 4 aromatic rings. The highest BCUT2D eigenvalue weighted by atomic mass is 16.5. The molecule has 254 valence electrons. The Morgan fingerprint density at radius 1 is 0.776 bits per heavy atom. The van der Waals surface area contributed by atoms with Crippen LogP contribution in [0.25, 0.3) is 0 Å². The van der Waals surface area contributed by atoms with Gasteiger partial charge in [0.05, 0.1) is 0 Å². The fourth-order valence-corrected chi connectivity index (χ4v) is 5.33. The van der Waals surface area contributed by atoms with E-state index in [0.717, 1.165) is 11.1 Å². The summed E-state index contributed by atoms with van der Waals surface area (Å²) in [6.07, 6.45) is 0.653. The molecule has 49 heavy (non-hydrogen) atoms. The Kier molecular flexibility index (Phi) is 11.5. The Morgan fingerprint density at radius 2 is 1.39 bits per heavy atom. The van der Waals surface area contributed by atoms with Crippen LogP contribution >= 0.6 is 0 Å². The first kappa shape index (κ1) is 34.1. The fraction of sp³-hybridized carbons (Fsp3) is 0.222. The van der Waals surface area contributed by atoms with Gasteiger partial charge in [0.1, 0.15) is 29.6 Å². The van der Waals surface area contributed by atoms with Crippen molar-refractivity contribution in [2.75, 3.05) is 5.32 Å². The van der Waals surface area contributed by atoms with Gasteiger partial charge < -0.3 is 46.2 Å². The Labute approximate surface area is 282 Å². The summed E-state index contributed by atoms with van der Waals surface area (Å²) in [6, 6.07) is 28.0. The molecule has 13 nitrogen and oxygen atoms in total. The minimum atomic E-state index is -1.07. The number of amidine groups is 1. The van der Waals surface area contributed by atoms with Gasteiger partial charge in [0, 0.05) is 48.0 Å². The average Bonchev–Trinajstić information content (AvgIpc) is 3.11. The summed E-state index contributed by atoms with van der Waals surface area (Å²) in [7, 11) is 0. The molecule has 0 unspecified atom stereocenters. The second-order valence-corrected chi connectivity index (χ2v) is 11.5. The number of nitrogens with two attached hydrogens (primary N) is 1. The zero-order chi connectivity index (χ0) is 34.6. The maximum absolute atomic E-state index is 13.2. The molecule has 7 N–H and O–H groups in total. The van der Waals surface area contributed by atoms with E-state index in [1.807, 2.05) is 42.5 Å². The van der Waals surface area contributed by atoms with Crippen molar-refractivity contribution < 1.29 is 38.9 Å². The predicted octanol–water partition coefficient (Wildman–Crippen LogP) is 6.56. The zero-order valence-electron chi connectivity index (χ0n) is 26.5. The van der Waals surface area contributed by atoms with Gasteiger partial charge >= 0.3 is 12.2 Å². The lowest BCUT2D eigenvalue weighted by Crippen LogP contribution is -2.38. The lowest BCUT2D eigenvalue weighted by molar-refractivity contribution is -0.120. The average molecular weight is 668 g/mol. The van der Waals surface area contributed by atoms with E-state index in [2.05, 4.69) is 21.1 Å². The molecule has 1 aliphatic rings. The van der Waals surface area contributed by atoms with Crippen molar-refractivity contribution in [2.45, 2.75) is 44.9 Å². The van der Waals surface area contributed by atoms with Crippen LogP contribution in [0.5, 0.6) is 23.0 Å². The molecule has 0 bridgehead atoms. The van der Waals surface area contributed by atoms with Crippen LogP contribution in [0, 0.1) is 5.92 Å². The predicted molar refractivity (Wildman–Crippen MR) is 181 cm³/mol. The number of alkyl carbamates (subject to hydrolysis) is 1. The third-order valence-electron chi connectivity index (χ3n) is 7.88. The van der Waals surface area contributed by atoms with Gasteiger partial charge in [-0.15, -0.1) is 0 Å². The first-order valence-electron chi connectivity index (χ1n) is 15.7. The van der Waals surface area contributed by atoms with Gasteiger partial charge in [-0.05, 0) is 73.2 Å². The summed E-state index contributed by atoms with van der Waals surface area (Å²) < 4.78 is 17.5. The van der Waals surface area contributed by atoms with Gasteiger partial charge in [-0.25, -0.2) is 9.59 Å². The van der Waals surface area contributed by atoms with Crippen LogP contribution in [0.1, 0.15) is 42.4 Å². The van der Waals surface area contributed by atoms with Gasteiger partial charge in [-0.3, -0.25) is 4.79 Å². The molecule has 0 radical (unpaired) electrons. The lowest BCUT2D eigenvalue weighted by Gasteiger charge is -2.27. The van der Waals surface area contributed by atoms with Crippen molar-refractivity contribution in [3.8, 4) is 23.0 Å². The van der Waals surface area contributed by atoms with E-state index >= 15 is 0 Å². The molecule has 1 saturated carbocycles. The van der Waals surface area contributed by atoms with Gasteiger partial charge in [0.25, 0.3) is 0 Å². The van der Waals surface area contributed by atoms with Gasteiger partial charge in [-0.2, -0.15) is 0 Å². The highest BCUT2D eigenvalue weighted by Gasteiger charge is 2.27. The Bertz CT molecular complexity index is 1760. The van der Waals surface area contributed by atoms with Gasteiger partial charge in [0.2, 0.25) is 5.91 Å². The quantitative estimate of drug-likeness (QED) is 0.0420. The first-order chi connectivity index (χ1) is 23.7. The Hall–Kier alpha value is -6.24. The zero-order valence-corrected chi connectivity index (χ0v) is 26.5. The minimum Gasteiger partial charge on any atom is -0.465 e. The van der Waals surface area contributed by atoms with E-state index in [9.17, 15) is 14.4 Å². The number of oxime groups is 1. The van der Waals surface area contributed by atoms with Crippen molar-refractivity contribution in [2.24, 2.45) is 16.8 Å². The number of amides is 3. The van der Waals surface area contributed by atoms with E-state index in [4.69, 9.17) is 30.3 Å². The summed E-state index contributed by atoms with van der Waals surface area (Å²) in [4.78, 5) is 36.3. The number of carbonyl (C=O) groups is 3. The smallest absolute Gasteiger partial charge is 0.407 e. The molecule has 0 aliphatic heterocycles. The van der Waals surface area contributed by atoms with Crippen LogP contribution < -0.4 is 31.2 Å². The third-order valence-corrected chi connectivity index (χ3v) is 7.88. The van der Waals surface area contributed by atoms with Crippen molar-refractivity contribution in [1.29, 1.82) is 0 Å². The summed E-state index contributed by atoms with van der Waals surface area (Å²) in [5.41, 5.74) is 8.35. The number of carboxylic acid groups (broad SMARTS) is 1. The molecule has 1 aliphatic carbocycles. The van der Waals surface area contributed by atoms with Crippen LogP contribution in [0.3, 0.4) is 0 Å². The fourth-order valence-electron chi connectivity index (χ4n) is 5.33. The minimum absolute atomic E-state index is 0.0375. The normalized spacial score (nSPS) is 15.8. The van der Waals surface area contributed by atoms with Gasteiger partial charge in [0.15, 0.2) is 5.84 Å². The van der Waals surface area contributed by atoms with E-state index < -0.39 is 12.2 Å². The van der Waals surface area contributed by atoms with E-state index in [1.165, 1.54) is 0 Å². The first-order valence-corrected chi connectivity index (χ1v) is 15.7. The summed E-state index contributed by atoms with van der Waals surface area (Å²) >= 11 is 0. The van der Waals surface area contributed by atoms with E-state index in [1.54, 1.807) is 54.6 Å². The van der Waals surface area contributed by atoms with Crippen molar-refractivity contribution in [3.63, 3.8) is 0 Å².